The Morgan fingerprint density at radius 2 is 1.72 bits per heavy atom. The van der Waals surface area contributed by atoms with Gasteiger partial charge in [-0.25, -0.2) is 9.59 Å². The van der Waals surface area contributed by atoms with Crippen molar-refractivity contribution in [2.45, 2.75) is 12.5 Å². The molecule has 0 spiro atoms. The van der Waals surface area contributed by atoms with Crippen LogP contribution < -0.4 is 10.6 Å². The Morgan fingerprint density at radius 1 is 1.03 bits per heavy atom. The molecular weight excluding hydrogens is 372 g/mol. The number of anilines is 1. The highest BCUT2D eigenvalue weighted by Crippen LogP contribution is 2.14. The standard InChI is InChI=1S/C22H26N2O5/c1-28-21(26)14-19(22(27)29-2)24-18-10-8-16(9-11-18)12-13-23-15-20(25)17-6-4-3-5-7-17/h3-11,14,20,23-25H,12-13,15H2,1-2H3/b19-14+. The molecule has 0 saturated carbocycles. The first kappa shape index (κ1) is 22.1. The zero-order valence-electron chi connectivity index (χ0n) is 16.6. The molecule has 0 radical (unpaired) electrons. The van der Waals surface area contributed by atoms with Gasteiger partial charge in [0.05, 0.1) is 26.4 Å². The Labute approximate surface area is 170 Å². The van der Waals surface area contributed by atoms with Crippen LogP contribution >= 0.6 is 0 Å². The number of methoxy groups -OCH3 is 2. The van der Waals surface area contributed by atoms with Crippen molar-refractivity contribution in [2.24, 2.45) is 0 Å². The third-order valence-electron chi connectivity index (χ3n) is 4.21. The zero-order chi connectivity index (χ0) is 21.1. The molecule has 1 unspecified atom stereocenters. The lowest BCUT2D eigenvalue weighted by Crippen LogP contribution is -2.23. The van der Waals surface area contributed by atoms with Crippen molar-refractivity contribution >= 4 is 17.6 Å². The minimum Gasteiger partial charge on any atom is -0.466 e. The highest BCUT2D eigenvalue weighted by atomic mass is 16.5. The van der Waals surface area contributed by atoms with E-state index in [9.17, 15) is 14.7 Å². The summed E-state index contributed by atoms with van der Waals surface area (Å²) in [5.41, 5.74) is 2.61. The molecule has 0 aliphatic heterocycles. The highest BCUT2D eigenvalue weighted by molar-refractivity contribution is 5.98. The topological polar surface area (TPSA) is 96.9 Å². The van der Waals surface area contributed by atoms with Crippen LogP contribution in [0.1, 0.15) is 17.2 Å². The number of rotatable bonds is 10. The van der Waals surface area contributed by atoms with Crippen LogP contribution in [-0.4, -0.2) is 44.4 Å². The third-order valence-corrected chi connectivity index (χ3v) is 4.21. The van der Waals surface area contributed by atoms with Crippen LogP contribution in [0.25, 0.3) is 0 Å². The molecule has 7 nitrogen and oxygen atoms in total. The molecule has 0 saturated heterocycles. The largest absolute Gasteiger partial charge is 0.466 e. The van der Waals surface area contributed by atoms with Gasteiger partial charge in [0.1, 0.15) is 5.70 Å². The van der Waals surface area contributed by atoms with Gasteiger partial charge >= 0.3 is 11.9 Å². The molecule has 0 aliphatic carbocycles. The van der Waals surface area contributed by atoms with E-state index in [-0.39, 0.29) is 5.70 Å². The lowest BCUT2D eigenvalue weighted by atomic mass is 10.1. The van der Waals surface area contributed by atoms with E-state index < -0.39 is 18.0 Å². The first-order chi connectivity index (χ1) is 14.0. The van der Waals surface area contributed by atoms with Gasteiger partial charge in [-0.05, 0) is 36.2 Å². The number of nitrogens with one attached hydrogen (secondary N) is 2. The van der Waals surface area contributed by atoms with Crippen molar-refractivity contribution in [1.29, 1.82) is 0 Å². The summed E-state index contributed by atoms with van der Waals surface area (Å²) >= 11 is 0. The van der Waals surface area contributed by atoms with E-state index in [4.69, 9.17) is 0 Å². The van der Waals surface area contributed by atoms with E-state index in [2.05, 4.69) is 20.1 Å². The molecular formula is C22H26N2O5. The van der Waals surface area contributed by atoms with Crippen LogP contribution in [0, 0.1) is 0 Å². The lowest BCUT2D eigenvalue weighted by molar-refractivity contribution is -0.138. The molecule has 154 valence electrons. The second-order valence-electron chi connectivity index (χ2n) is 6.28. The van der Waals surface area contributed by atoms with Gasteiger partial charge in [-0.15, -0.1) is 0 Å². The predicted molar refractivity (Wildman–Crippen MR) is 110 cm³/mol. The summed E-state index contributed by atoms with van der Waals surface area (Å²) in [6, 6.07) is 17.0. The second kappa shape index (κ2) is 11.6. The van der Waals surface area contributed by atoms with Gasteiger partial charge in [-0.3, -0.25) is 0 Å². The van der Waals surface area contributed by atoms with Crippen LogP contribution in [0.5, 0.6) is 0 Å². The summed E-state index contributed by atoms with van der Waals surface area (Å²) in [5, 5.41) is 16.2. The summed E-state index contributed by atoms with van der Waals surface area (Å²) < 4.78 is 9.21. The maximum atomic E-state index is 11.8. The van der Waals surface area contributed by atoms with Gasteiger partial charge in [-0.2, -0.15) is 0 Å². The number of aliphatic hydroxyl groups excluding tert-OH is 1. The van der Waals surface area contributed by atoms with Gasteiger partial charge in [0.25, 0.3) is 0 Å². The monoisotopic (exact) mass is 398 g/mol. The van der Waals surface area contributed by atoms with Gasteiger partial charge in [0.2, 0.25) is 0 Å². The first-order valence-electron chi connectivity index (χ1n) is 9.21. The second-order valence-corrected chi connectivity index (χ2v) is 6.28. The molecule has 0 fully saturated rings. The molecule has 2 aromatic carbocycles. The maximum Gasteiger partial charge on any atom is 0.354 e. The van der Waals surface area contributed by atoms with Crippen LogP contribution in [0.15, 0.2) is 66.4 Å². The van der Waals surface area contributed by atoms with Gasteiger partial charge in [-0.1, -0.05) is 42.5 Å². The van der Waals surface area contributed by atoms with Crippen molar-refractivity contribution in [3.8, 4) is 0 Å². The summed E-state index contributed by atoms with van der Waals surface area (Å²) in [6.07, 6.45) is 1.28. The van der Waals surface area contributed by atoms with Crippen molar-refractivity contribution in [3.63, 3.8) is 0 Å². The quantitative estimate of drug-likeness (QED) is 0.321. The molecule has 1 atom stereocenters. The molecule has 0 bridgehead atoms. The molecule has 0 aliphatic rings. The van der Waals surface area contributed by atoms with Crippen LogP contribution in [0.2, 0.25) is 0 Å². The SMILES string of the molecule is COC(=O)/C=C(/Nc1ccc(CCNCC(O)c2ccccc2)cc1)C(=O)OC. The zero-order valence-corrected chi connectivity index (χ0v) is 16.6. The molecule has 7 heteroatoms. The minimum atomic E-state index is -0.666. The molecule has 2 aromatic rings. The molecule has 3 N–H and O–H groups in total. The number of benzene rings is 2. The van der Waals surface area contributed by atoms with E-state index in [1.165, 1.54) is 14.2 Å². The fraction of sp³-hybridized carbons (Fsp3) is 0.273. The number of carbonyl (C=O) groups excluding carboxylic acids is 2. The Kier molecular flexibility index (Phi) is 8.88. The number of carbonyl (C=O) groups is 2. The first-order valence-corrected chi connectivity index (χ1v) is 9.21. The summed E-state index contributed by atoms with van der Waals surface area (Å²) in [7, 11) is 2.47. The van der Waals surface area contributed by atoms with E-state index in [1.807, 2.05) is 54.6 Å². The van der Waals surface area contributed by atoms with E-state index in [1.54, 1.807) is 0 Å². The van der Waals surface area contributed by atoms with Crippen LogP contribution in [0.3, 0.4) is 0 Å². The molecule has 0 aromatic heterocycles. The highest BCUT2D eigenvalue weighted by Gasteiger charge is 2.12. The summed E-state index contributed by atoms with van der Waals surface area (Å²) in [5.74, 6) is -1.32. The maximum absolute atomic E-state index is 11.8. The fourth-order valence-electron chi connectivity index (χ4n) is 2.61. The molecule has 0 heterocycles. The molecule has 2 rings (SSSR count). The lowest BCUT2D eigenvalue weighted by Gasteiger charge is -2.12. The average molecular weight is 398 g/mol. The Balaban J connectivity index is 1.84. The molecule has 0 amide bonds. The van der Waals surface area contributed by atoms with E-state index in [0.29, 0.717) is 18.8 Å². The van der Waals surface area contributed by atoms with Crippen LogP contribution in [-0.2, 0) is 25.5 Å². The predicted octanol–water partition coefficient (Wildman–Crippen LogP) is 2.19. The third kappa shape index (κ3) is 7.40. The van der Waals surface area contributed by atoms with Crippen molar-refractivity contribution < 1.29 is 24.2 Å². The Morgan fingerprint density at radius 3 is 2.34 bits per heavy atom. The minimum absolute atomic E-state index is 0.0105. The van der Waals surface area contributed by atoms with E-state index in [0.717, 1.165) is 23.6 Å². The number of aliphatic hydroxyl groups is 1. The summed E-state index contributed by atoms with van der Waals surface area (Å²) in [6.45, 7) is 1.19. The van der Waals surface area contributed by atoms with Gasteiger partial charge in [0, 0.05) is 12.2 Å². The Hall–Kier alpha value is -3.16. The van der Waals surface area contributed by atoms with Gasteiger partial charge in [0.15, 0.2) is 0 Å². The number of hydrogen-bond acceptors (Lipinski definition) is 7. The molecule has 29 heavy (non-hydrogen) atoms. The van der Waals surface area contributed by atoms with Crippen LogP contribution in [0.4, 0.5) is 5.69 Å². The average Bonchev–Trinajstić information content (AvgIpc) is 2.77. The summed E-state index contributed by atoms with van der Waals surface area (Å²) in [4.78, 5) is 23.2. The van der Waals surface area contributed by atoms with Crippen molar-refractivity contribution in [2.75, 3.05) is 32.6 Å². The Bertz CT molecular complexity index is 819. The number of ether oxygens (including phenoxy) is 2. The van der Waals surface area contributed by atoms with Gasteiger partial charge < -0.3 is 25.2 Å². The fourth-order valence-corrected chi connectivity index (χ4v) is 2.61. The number of hydrogen-bond donors (Lipinski definition) is 3. The van der Waals surface area contributed by atoms with Crippen molar-refractivity contribution in [3.05, 3.63) is 77.5 Å². The number of esters is 2. The normalized spacial score (nSPS) is 12.2. The van der Waals surface area contributed by atoms with Crippen molar-refractivity contribution in [1.82, 2.24) is 5.32 Å². The van der Waals surface area contributed by atoms with E-state index >= 15 is 0 Å². The smallest absolute Gasteiger partial charge is 0.354 e.